The molecule has 4 aromatic heterocycles. The van der Waals surface area contributed by atoms with Crippen molar-refractivity contribution in [2.24, 2.45) is 17.3 Å². The third-order valence-corrected chi connectivity index (χ3v) is 17.4. The normalized spacial score (nSPS) is 13.9. The van der Waals surface area contributed by atoms with Gasteiger partial charge in [0.05, 0.1) is 35.3 Å². The first-order valence-corrected chi connectivity index (χ1v) is 30.7. The van der Waals surface area contributed by atoms with Gasteiger partial charge in [0.2, 0.25) is 11.8 Å². The molecule has 16 heteroatoms. The molecule has 440 valence electrons. The van der Waals surface area contributed by atoms with E-state index in [1.54, 1.807) is 0 Å². The Morgan fingerprint density at radius 2 is 0.966 bits per heavy atom. The molecule has 1 atom stereocenters. The van der Waals surface area contributed by atoms with Crippen LogP contribution in [0, 0.1) is 39.9 Å². The minimum absolute atomic E-state index is 0.00213. The fraction of sp³-hybridized carbons (Fsp3) is 0.233. The smallest absolute Gasteiger partial charge is 0.503 e. The average Bonchev–Trinajstić information content (AvgIpc) is 1.53. The van der Waals surface area contributed by atoms with E-state index in [4.69, 9.17) is 46.9 Å². The zero-order chi connectivity index (χ0) is 60.9. The molecule has 0 saturated carbocycles. The number of ether oxygens (including phenoxy) is 2. The van der Waals surface area contributed by atoms with Gasteiger partial charge < -0.3 is 45.9 Å². The molecule has 14 nitrogen and oxygen atoms in total. The Labute approximate surface area is 516 Å². The molecule has 0 fully saturated rings. The Balaban J connectivity index is 1.14. The monoisotopic (exact) mass is 1170 g/mol. The second-order valence-corrected chi connectivity index (χ2v) is 24.3. The second kappa shape index (κ2) is 23.4. The molecule has 0 radical (unpaired) electrons. The van der Waals surface area contributed by atoms with E-state index in [0.717, 1.165) is 34.4 Å². The quantitative estimate of drug-likeness (QED) is 0.0556. The summed E-state index contributed by atoms with van der Waals surface area (Å²) in [4.78, 5) is 10.5. The summed E-state index contributed by atoms with van der Waals surface area (Å²) in [6.45, 7) is 14.2. The van der Waals surface area contributed by atoms with Crippen molar-refractivity contribution in [2.75, 3.05) is 13.2 Å². The molecular weight excluding hydrogens is 1110 g/mol. The number of hydrogen-bond donors (Lipinski definition) is 0. The molecule has 1 unspecified atom stereocenters. The van der Waals surface area contributed by atoms with Crippen molar-refractivity contribution in [3.63, 3.8) is 0 Å². The zero-order valence-electron chi connectivity index (χ0n) is 50.6. The highest BCUT2D eigenvalue weighted by Crippen LogP contribution is 2.43. The zero-order valence-corrected chi connectivity index (χ0v) is 50.6. The molecule has 89 heavy (non-hydrogen) atoms. The Morgan fingerprint density at radius 3 is 1.42 bits per heavy atom. The molecule has 0 bridgehead atoms. The highest BCUT2D eigenvalue weighted by atomic mass is 16.7. The first-order valence-electron chi connectivity index (χ1n) is 30.7. The molecule has 0 N–H and O–H groups in total. The van der Waals surface area contributed by atoms with Crippen LogP contribution < -0.4 is 38.8 Å². The maximum Gasteiger partial charge on any atom is 0.743 e. The minimum Gasteiger partial charge on any atom is -0.503 e. The topological polar surface area (TPSA) is 165 Å². The van der Waals surface area contributed by atoms with E-state index in [1.165, 1.54) is 25.7 Å². The standard InChI is InChI=1S/C73H64B2N6O8/c1-7-8-9-10-19-38-73(5,6)46(4)44-83-52-27-21-25-50(40-52)68-64-63(69(81(68)75-88-59-32-17-18-33-60(59)89-75)55(41-76)71-78-65-53-28-13-11-22-47(53)34-36-61(65)84-71)67(49-24-20-26-51(39-49)82-43-45(2)3)80(74-86-57-30-15-16-31-58(57)87-74)70(64)56(42-77)72-79-66-54-29-14-12-23-48(54)35-37-62(66)85-72/h11-18,20-37,39-40,45-46H,7-10,19,38,43-44H2,1-6H3/b69-55-,70-56-. The van der Waals surface area contributed by atoms with E-state index in [2.05, 4.69) is 53.7 Å². The van der Waals surface area contributed by atoms with Crippen LogP contribution in [0.5, 0.6) is 34.5 Å². The van der Waals surface area contributed by atoms with Crippen LogP contribution in [-0.2, 0) is 0 Å². The summed E-state index contributed by atoms with van der Waals surface area (Å²) >= 11 is 0. The van der Waals surface area contributed by atoms with Crippen LogP contribution in [0.2, 0.25) is 0 Å². The number of oxazole rings is 2. The Morgan fingerprint density at radius 1 is 0.528 bits per heavy atom. The number of aromatic nitrogens is 4. The molecule has 2 aliphatic rings. The SMILES string of the molecule is CCCCCCCC(C)(C)C(C)COc1cccc(-c2c3/c(=C(\C#N)c4nc5c(ccc6ccccc65)o4)n(B4Oc5ccccc5O4)c(-c4cccc(OCC(C)C)c4)c3/c(=C(\C#N)c3nc4c(ccc5ccccc54)o3)n2B2Oc3ccccc3O2)c1. The maximum atomic E-state index is 12.2. The largest absolute Gasteiger partial charge is 0.743 e. The number of unbranched alkanes of at least 4 members (excludes halogenated alkanes) is 4. The van der Waals surface area contributed by atoms with Gasteiger partial charge in [-0.15, -0.1) is 0 Å². The van der Waals surface area contributed by atoms with Gasteiger partial charge in [-0.1, -0.05) is 183 Å². The van der Waals surface area contributed by atoms with Gasteiger partial charge >= 0.3 is 14.5 Å². The van der Waals surface area contributed by atoms with Crippen LogP contribution in [0.15, 0.2) is 179 Å². The lowest BCUT2D eigenvalue weighted by atomic mass is 9.76. The molecule has 0 aliphatic carbocycles. The fourth-order valence-corrected chi connectivity index (χ4v) is 12.4. The van der Waals surface area contributed by atoms with Gasteiger partial charge in [0.15, 0.2) is 11.2 Å². The average molecular weight is 1170 g/mol. The summed E-state index contributed by atoms with van der Waals surface area (Å²) in [7, 11) is -2.55. The lowest BCUT2D eigenvalue weighted by Gasteiger charge is -2.32. The summed E-state index contributed by atoms with van der Waals surface area (Å²) in [6.07, 6.45) is 7.13. The van der Waals surface area contributed by atoms with Gasteiger partial charge in [-0.25, -0.2) is 9.97 Å². The molecule has 0 saturated heterocycles. The van der Waals surface area contributed by atoms with E-state index in [1.807, 2.05) is 179 Å². The Hall–Kier alpha value is -10.3. The minimum atomic E-state index is -1.28. The van der Waals surface area contributed by atoms with Crippen LogP contribution in [0.1, 0.15) is 91.8 Å². The molecule has 0 spiro atoms. The number of rotatable bonds is 19. The summed E-state index contributed by atoms with van der Waals surface area (Å²) in [5.74, 6) is 3.57. The molecule has 14 rings (SSSR count). The highest BCUT2D eigenvalue weighted by Gasteiger charge is 2.46. The van der Waals surface area contributed by atoms with Crippen LogP contribution in [0.4, 0.5) is 0 Å². The van der Waals surface area contributed by atoms with Crippen molar-refractivity contribution in [1.82, 2.24) is 18.9 Å². The van der Waals surface area contributed by atoms with Gasteiger partial charge in [-0.05, 0) is 95.1 Å². The van der Waals surface area contributed by atoms with Crippen molar-refractivity contribution in [3.8, 4) is 69.2 Å². The number of hydrogen-bond acceptors (Lipinski definition) is 12. The molecule has 2 aliphatic heterocycles. The molecule has 12 aromatic rings. The van der Waals surface area contributed by atoms with E-state index in [9.17, 15) is 10.5 Å². The van der Waals surface area contributed by atoms with Crippen molar-refractivity contribution in [1.29, 1.82) is 10.5 Å². The third kappa shape index (κ3) is 10.3. The van der Waals surface area contributed by atoms with Crippen LogP contribution in [0.25, 0.3) is 88.2 Å². The molecule has 0 amide bonds. The van der Waals surface area contributed by atoms with E-state index in [-0.39, 0.29) is 50.9 Å². The van der Waals surface area contributed by atoms with Crippen LogP contribution >= 0.6 is 0 Å². The molecule has 8 aromatic carbocycles. The third-order valence-electron chi connectivity index (χ3n) is 17.4. The number of benzene rings is 8. The van der Waals surface area contributed by atoms with E-state index in [0.29, 0.717) is 103 Å². The highest BCUT2D eigenvalue weighted by molar-refractivity contribution is 6.49. The molecule has 6 heterocycles. The van der Waals surface area contributed by atoms with Crippen LogP contribution in [0.3, 0.4) is 0 Å². The Bertz CT molecular complexity index is 4760. The number of fused-ring (bicyclic) bond motifs is 9. The van der Waals surface area contributed by atoms with Gasteiger partial charge in [0.1, 0.15) is 68.8 Å². The predicted molar refractivity (Wildman–Crippen MR) is 349 cm³/mol. The summed E-state index contributed by atoms with van der Waals surface area (Å²) in [6, 6.07) is 59.4. The summed E-state index contributed by atoms with van der Waals surface area (Å²) < 4.78 is 58.8. The van der Waals surface area contributed by atoms with Crippen molar-refractivity contribution in [2.45, 2.75) is 80.1 Å². The lowest BCUT2D eigenvalue weighted by molar-refractivity contribution is 0.133. The Kier molecular flexibility index (Phi) is 14.9. The van der Waals surface area contributed by atoms with Gasteiger partial charge in [0.25, 0.3) is 0 Å². The van der Waals surface area contributed by atoms with Gasteiger partial charge in [-0.2, -0.15) is 10.5 Å². The second-order valence-electron chi connectivity index (χ2n) is 24.3. The lowest BCUT2D eigenvalue weighted by Crippen LogP contribution is -2.44. The number of para-hydroxylation sites is 4. The van der Waals surface area contributed by atoms with Crippen molar-refractivity contribution >= 4 is 80.2 Å². The summed E-state index contributed by atoms with van der Waals surface area (Å²) in [5.41, 5.74) is 4.34. The van der Waals surface area contributed by atoms with Gasteiger partial charge in [0, 0.05) is 32.7 Å². The van der Waals surface area contributed by atoms with Gasteiger partial charge in [-0.3, -0.25) is 0 Å². The number of nitrogens with zero attached hydrogens (tertiary/aromatic N) is 6. The van der Waals surface area contributed by atoms with Crippen molar-refractivity contribution in [3.05, 3.63) is 192 Å². The van der Waals surface area contributed by atoms with Crippen LogP contribution in [-0.4, -0.2) is 46.6 Å². The predicted octanol–water partition coefficient (Wildman–Crippen LogP) is 15.9. The fourth-order valence-electron chi connectivity index (χ4n) is 12.4. The molecular formula is C73H64B2N6O8. The van der Waals surface area contributed by atoms with Crippen molar-refractivity contribution < 1.29 is 36.9 Å². The van der Waals surface area contributed by atoms with E-state index >= 15 is 0 Å². The first-order chi connectivity index (χ1) is 43.5. The summed E-state index contributed by atoms with van der Waals surface area (Å²) in [5, 5.41) is 29.6. The number of nitriles is 2. The maximum absolute atomic E-state index is 12.2. The van der Waals surface area contributed by atoms with E-state index < -0.39 is 14.5 Å². The first kappa shape index (κ1) is 56.5.